The van der Waals surface area contributed by atoms with Crippen molar-refractivity contribution in [3.8, 4) is 0 Å². The van der Waals surface area contributed by atoms with E-state index in [0.29, 0.717) is 12.2 Å². The first-order valence-electron chi connectivity index (χ1n) is 11.3. The van der Waals surface area contributed by atoms with Crippen LogP contribution in [-0.2, 0) is 13.0 Å². The summed E-state index contributed by atoms with van der Waals surface area (Å²) < 4.78 is 15.1. The summed E-state index contributed by atoms with van der Waals surface area (Å²) in [6.07, 6.45) is 2.78. The van der Waals surface area contributed by atoms with Crippen LogP contribution in [0.2, 0.25) is 5.02 Å². The number of benzene rings is 2. The summed E-state index contributed by atoms with van der Waals surface area (Å²) in [5.41, 5.74) is 3.63. The molecule has 0 radical (unpaired) electrons. The number of nitrogens with zero attached hydrogens (tertiary/aromatic N) is 3. The van der Waals surface area contributed by atoms with Crippen LogP contribution in [0, 0.1) is 11.2 Å². The molecule has 2 aliphatic heterocycles. The summed E-state index contributed by atoms with van der Waals surface area (Å²) in [4.78, 5) is 9.12. The van der Waals surface area contributed by atoms with E-state index < -0.39 is 0 Å². The minimum atomic E-state index is -0.157. The molecule has 2 aliphatic rings. The molecule has 0 bridgehead atoms. The normalized spacial score (nSPS) is 18.6. The van der Waals surface area contributed by atoms with Gasteiger partial charge in [-0.1, -0.05) is 23.7 Å². The van der Waals surface area contributed by atoms with Crippen molar-refractivity contribution in [2.24, 2.45) is 10.4 Å². The molecular formula is C25H33ClFN5. The average molecular weight is 458 g/mol. The third-order valence-corrected chi connectivity index (χ3v) is 6.86. The van der Waals surface area contributed by atoms with Crippen LogP contribution < -0.4 is 15.5 Å². The number of nitrogens with one attached hydrogen (secondary N) is 2. The third kappa shape index (κ3) is 5.08. The maximum Gasteiger partial charge on any atom is 0.146 e. The van der Waals surface area contributed by atoms with Crippen molar-refractivity contribution in [3.05, 3.63) is 58.4 Å². The molecule has 0 aromatic heterocycles. The Kier molecular flexibility index (Phi) is 7.03. The number of amidine groups is 1. The smallest absolute Gasteiger partial charge is 0.146 e. The summed E-state index contributed by atoms with van der Waals surface area (Å²) in [6, 6.07) is 11.5. The van der Waals surface area contributed by atoms with Crippen molar-refractivity contribution >= 4 is 28.8 Å². The van der Waals surface area contributed by atoms with E-state index in [1.807, 2.05) is 50.3 Å². The SMILES string of the molecule is CN(C)CCN(C)c1cc2c(cc1F)CC1(CCNCC1)C(=NCc1cccc(Cl)c1)N2. The molecule has 4 rings (SSSR count). The second kappa shape index (κ2) is 9.77. The van der Waals surface area contributed by atoms with E-state index in [9.17, 15) is 0 Å². The van der Waals surface area contributed by atoms with E-state index >= 15 is 4.39 Å². The van der Waals surface area contributed by atoms with E-state index in [1.165, 1.54) is 0 Å². The number of fused-ring (bicyclic) bond motifs is 1. The van der Waals surface area contributed by atoms with Crippen molar-refractivity contribution in [3.63, 3.8) is 0 Å². The van der Waals surface area contributed by atoms with E-state index in [2.05, 4.69) is 21.6 Å². The molecule has 0 atom stereocenters. The van der Waals surface area contributed by atoms with Gasteiger partial charge in [-0.25, -0.2) is 4.39 Å². The number of piperidine rings is 1. The highest BCUT2D eigenvalue weighted by Crippen LogP contribution is 2.42. The number of likely N-dealkylation sites (N-methyl/N-ethyl adjacent to an activating group) is 2. The van der Waals surface area contributed by atoms with Gasteiger partial charge in [0.25, 0.3) is 0 Å². The molecule has 0 amide bonds. The number of anilines is 2. The van der Waals surface area contributed by atoms with Crippen molar-refractivity contribution < 1.29 is 4.39 Å². The summed E-state index contributed by atoms with van der Waals surface area (Å²) in [7, 11) is 6.00. The van der Waals surface area contributed by atoms with E-state index in [1.54, 1.807) is 6.07 Å². The van der Waals surface area contributed by atoms with Gasteiger partial charge in [-0.15, -0.1) is 0 Å². The van der Waals surface area contributed by atoms with Crippen LogP contribution in [0.3, 0.4) is 0 Å². The van der Waals surface area contributed by atoms with Crippen molar-refractivity contribution in [2.75, 3.05) is 57.5 Å². The number of hydrogen-bond acceptors (Lipinski definition) is 4. The minimum Gasteiger partial charge on any atom is -0.371 e. The van der Waals surface area contributed by atoms with Crippen LogP contribution in [-0.4, -0.2) is 58.1 Å². The number of rotatable bonds is 6. The second-order valence-corrected chi connectivity index (χ2v) is 9.75. The zero-order chi connectivity index (χ0) is 22.7. The number of aliphatic imine (C=N–C) groups is 1. The molecule has 0 saturated carbocycles. The van der Waals surface area contributed by atoms with Gasteiger partial charge in [0.05, 0.1) is 12.2 Å². The fourth-order valence-electron chi connectivity index (χ4n) is 4.67. The van der Waals surface area contributed by atoms with Gasteiger partial charge in [0.1, 0.15) is 11.7 Å². The highest BCUT2D eigenvalue weighted by Gasteiger charge is 2.41. The maximum atomic E-state index is 15.1. The van der Waals surface area contributed by atoms with Gasteiger partial charge in [0.2, 0.25) is 0 Å². The standard InChI is InChI=1S/C25H33ClFN5/c1-31(2)11-12-32(3)23-15-22-19(14-21(23)27)16-25(7-9-28-10-8-25)24(30-22)29-17-18-5-4-6-20(26)13-18/h4-6,13-15,28H,7-12,16-17H2,1-3H3,(H,29,30). The van der Waals surface area contributed by atoms with Crippen LogP contribution in [0.25, 0.3) is 0 Å². The number of hydrogen-bond donors (Lipinski definition) is 2. The second-order valence-electron chi connectivity index (χ2n) is 9.31. The summed E-state index contributed by atoms with van der Waals surface area (Å²) in [5.74, 6) is 0.857. The Morgan fingerprint density at radius 3 is 2.59 bits per heavy atom. The van der Waals surface area contributed by atoms with E-state index in [-0.39, 0.29) is 11.2 Å². The topological polar surface area (TPSA) is 42.9 Å². The first-order valence-corrected chi connectivity index (χ1v) is 11.7. The lowest BCUT2D eigenvalue weighted by Crippen LogP contribution is -2.48. The molecule has 2 N–H and O–H groups in total. The van der Waals surface area contributed by atoms with Crippen LogP contribution in [0.5, 0.6) is 0 Å². The molecule has 1 saturated heterocycles. The summed E-state index contributed by atoms with van der Waals surface area (Å²) in [6.45, 7) is 4.09. The summed E-state index contributed by atoms with van der Waals surface area (Å²) >= 11 is 6.17. The number of halogens is 2. The van der Waals surface area contributed by atoms with Gasteiger partial charge in [-0.05, 0) is 81.8 Å². The molecule has 172 valence electrons. The molecule has 1 spiro atoms. The Bertz CT molecular complexity index is 984. The van der Waals surface area contributed by atoms with Crippen LogP contribution in [0.15, 0.2) is 41.4 Å². The Hall–Kier alpha value is -2.15. The molecule has 2 heterocycles. The van der Waals surface area contributed by atoms with Gasteiger partial charge in [-0.2, -0.15) is 0 Å². The first-order chi connectivity index (χ1) is 15.4. The lowest BCUT2D eigenvalue weighted by molar-refractivity contribution is 0.292. The predicted octanol–water partition coefficient (Wildman–Crippen LogP) is 4.41. The molecule has 0 unspecified atom stereocenters. The van der Waals surface area contributed by atoms with E-state index in [4.69, 9.17) is 16.6 Å². The summed E-state index contributed by atoms with van der Waals surface area (Å²) in [5, 5.41) is 7.80. The Labute approximate surface area is 195 Å². The van der Waals surface area contributed by atoms with Gasteiger partial charge in [0, 0.05) is 36.3 Å². The fourth-order valence-corrected chi connectivity index (χ4v) is 4.88. The van der Waals surface area contributed by atoms with Gasteiger partial charge >= 0.3 is 0 Å². The zero-order valence-electron chi connectivity index (χ0n) is 19.2. The van der Waals surface area contributed by atoms with Crippen LogP contribution >= 0.6 is 11.6 Å². The van der Waals surface area contributed by atoms with Crippen LogP contribution in [0.4, 0.5) is 15.8 Å². The van der Waals surface area contributed by atoms with Gasteiger partial charge < -0.3 is 20.4 Å². The lowest BCUT2D eigenvalue weighted by atomic mass is 9.70. The largest absolute Gasteiger partial charge is 0.371 e. The quantitative estimate of drug-likeness (QED) is 0.674. The molecule has 32 heavy (non-hydrogen) atoms. The van der Waals surface area contributed by atoms with Crippen molar-refractivity contribution in [2.45, 2.75) is 25.8 Å². The zero-order valence-corrected chi connectivity index (χ0v) is 20.0. The minimum absolute atomic E-state index is 0.0817. The first kappa shape index (κ1) is 23.0. The molecule has 5 nitrogen and oxygen atoms in total. The Balaban J connectivity index is 1.64. The maximum absolute atomic E-state index is 15.1. The molecule has 1 fully saturated rings. The Morgan fingerprint density at radius 2 is 1.88 bits per heavy atom. The predicted molar refractivity (Wildman–Crippen MR) is 133 cm³/mol. The molecule has 2 aromatic rings. The highest BCUT2D eigenvalue weighted by molar-refractivity contribution is 6.30. The van der Waals surface area contributed by atoms with Crippen molar-refractivity contribution in [1.29, 1.82) is 0 Å². The molecular weight excluding hydrogens is 425 g/mol. The fraction of sp³-hybridized carbons (Fsp3) is 0.480. The Morgan fingerprint density at radius 1 is 1.09 bits per heavy atom. The van der Waals surface area contributed by atoms with Crippen molar-refractivity contribution in [1.82, 2.24) is 10.2 Å². The molecule has 0 aliphatic carbocycles. The third-order valence-electron chi connectivity index (χ3n) is 6.62. The average Bonchev–Trinajstić information content (AvgIpc) is 2.76. The lowest BCUT2D eigenvalue weighted by Gasteiger charge is -2.43. The highest BCUT2D eigenvalue weighted by atomic mass is 35.5. The van der Waals surface area contributed by atoms with Gasteiger partial charge in [-0.3, -0.25) is 4.99 Å². The monoisotopic (exact) mass is 457 g/mol. The molecule has 2 aromatic carbocycles. The van der Waals surface area contributed by atoms with E-state index in [0.717, 1.165) is 73.1 Å². The molecule has 7 heteroatoms. The van der Waals surface area contributed by atoms with Gasteiger partial charge in [0.15, 0.2) is 0 Å². The van der Waals surface area contributed by atoms with Crippen LogP contribution in [0.1, 0.15) is 24.0 Å².